The third-order valence-electron chi connectivity index (χ3n) is 3.50. The average Bonchev–Trinajstić information content (AvgIpc) is 2.81. The van der Waals surface area contributed by atoms with Crippen molar-refractivity contribution in [3.8, 4) is 0 Å². The smallest absolute Gasteiger partial charge is 0.329 e. The summed E-state index contributed by atoms with van der Waals surface area (Å²) in [6.45, 7) is 6.38. The number of ether oxygens (including phenoxy) is 1. The molecular weight excluding hydrogens is 236 g/mol. The first-order chi connectivity index (χ1) is 8.32. The summed E-state index contributed by atoms with van der Waals surface area (Å²) in [5.74, 6) is -1.01. The number of carbonyl (C=O) groups excluding carboxylic acids is 1. The van der Waals surface area contributed by atoms with Crippen molar-refractivity contribution >= 4 is 12.0 Å². The summed E-state index contributed by atoms with van der Waals surface area (Å²) < 4.78 is 5.25. The Kier molecular flexibility index (Phi) is 4.56. The maximum Gasteiger partial charge on any atom is 0.329 e. The lowest BCUT2D eigenvalue weighted by atomic mass is 10.0. The number of carboxylic acid groups (broad SMARTS) is 1. The molecular formula is C12H22N2O4. The number of carboxylic acids is 1. The fraction of sp³-hybridized carbons (Fsp3) is 0.833. The number of carbonyl (C=O) groups is 2. The lowest BCUT2D eigenvalue weighted by Gasteiger charge is -2.38. The standard InChI is InChI=1S/C12H22N2O4/c1-5-14(12(2,3)10(15)16)11(17)13(4)9-6-7-18-8-9/h9H,5-8H2,1-4H3,(H,15,16). The number of nitrogens with zero attached hydrogens (tertiary/aromatic N) is 2. The van der Waals surface area contributed by atoms with Crippen LogP contribution in [0.3, 0.4) is 0 Å². The van der Waals surface area contributed by atoms with E-state index < -0.39 is 11.5 Å². The third-order valence-corrected chi connectivity index (χ3v) is 3.50. The SMILES string of the molecule is CCN(C(=O)N(C)C1CCOC1)C(C)(C)C(=O)O. The van der Waals surface area contributed by atoms with Crippen molar-refractivity contribution in [2.75, 3.05) is 26.8 Å². The molecule has 0 aromatic rings. The van der Waals surface area contributed by atoms with Crippen molar-refractivity contribution in [3.05, 3.63) is 0 Å². The minimum atomic E-state index is -1.21. The molecule has 1 fully saturated rings. The Bertz CT molecular complexity index is 324. The molecule has 0 saturated carbocycles. The van der Waals surface area contributed by atoms with Gasteiger partial charge in [-0.2, -0.15) is 0 Å². The van der Waals surface area contributed by atoms with Crippen LogP contribution in [-0.2, 0) is 9.53 Å². The van der Waals surface area contributed by atoms with Crippen LogP contribution in [0.5, 0.6) is 0 Å². The van der Waals surface area contributed by atoms with E-state index in [2.05, 4.69) is 0 Å². The van der Waals surface area contributed by atoms with E-state index in [0.717, 1.165) is 6.42 Å². The molecule has 18 heavy (non-hydrogen) atoms. The van der Waals surface area contributed by atoms with E-state index in [9.17, 15) is 14.7 Å². The summed E-state index contributed by atoms with van der Waals surface area (Å²) in [7, 11) is 1.70. The predicted molar refractivity (Wildman–Crippen MR) is 66.5 cm³/mol. The van der Waals surface area contributed by atoms with Gasteiger partial charge in [-0.05, 0) is 27.2 Å². The quantitative estimate of drug-likeness (QED) is 0.817. The van der Waals surface area contributed by atoms with Crippen molar-refractivity contribution in [2.45, 2.75) is 38.8 Å². The zero-order chi connectivity index (χ0) is 13.9. The Hall–Kier alpha value is -1.30. The van der Waals surface area contributed by atoms with Crippen molar-refractivity contribution < 1.29 is 19.4 Å². The molecule has 0 spiro atoms. The normalized spacial score (nSPS) is 19.7. The van der Waals surface area contributed by atoms with Crippen LogP contribution >= 0.6 is 0 Å². The first kappa shape index (κ1) is 14.8. The van der Waals surface area contributed by atoms with E-state index in [4.69, 9.17) is 4.74 Å². The molecule has 1 rings (SSSR count). The Morgan fingerprint density at radius 1 is 1.44 bits per heavy atom. The molecule has 1 aliphatic rings. The monoisotopic (exact) mass is 258 g/mol. The number of hydrogen-bond acceptors (Lipinski definition) is 3. The van der Waals surface area contributed by atoms with Gasteiger partial charge in [0.2, 0.25) is 0 Å². The Morgan fingerprint density at radius 3 is 2.44 bits per heavy atom. The molecule has 1 atom stereocenters. The highest BCUT2D eigenvalue weighted by Crippen LogP contribution is 2.19. The van der Waals surface area contributed by atoms with E-state index in [0.29, 0.717) is 19.8 Å². The van der Waals surface area contributed by atoms with Crippen LogP contribution in [0.4, 0.5) is 4.79 Å². The summed E-state index contributed by atoms with van der Waals surface area (Å²) in [6.07, 6.45) is 0.799. The molecule has 6 nitrogen and oxygen atoms in total. The highest BCUT2D eigenvalue weighted by Gasteiger charge is 2.39. The van der Waals surface area contributed by atoms with Gasteiger partial charge < -0.3 is 19.6 Å². The largest absolute Gasteiger partial charge is 0.480 e. The second-order valence-corrected chi connectivity index (χ2v) is 5.02. The second kappa shape index (κ2) is 5.56. The van der Waals surface area contributed by atoms with Gasteiger partial charge in [-0.3, -0.25) is 0 Å². The first-order valence-corrected chi connectivity index (χ1v) is 6.18. The van der Waals surface area contributed by atoms with Gasteiger partial charge >= 0.3 is 12.0 Å². The molecule has 1 heterocycles. The summed E-state index contributed by atoms with van der Waals surface area (Å²) in [5, 5.41) is 9.20. The summed E-state index contributed by atoms with van der Waals surface area (Å²) >= 11 is 0. The lowest BCUT2D eigenvalue weighted by molar-refractivity contribution is -0.147. The van der Waals surface area contributed by atoms with Gasteiger partial charge in [-0.1, -0.05) is 0 Å². The summed E-state index contributed by atoms with van der Waals surface area (Å²) in [6, 6.07) is -0.225. The molecule has 1 saturated heterocycles. The topological polar surface area (TPSA) is 70.1 Å². The molecule has 0 aromatic carbocycles. The molecule has 6 heteroatoms. The van der Waals surface area contributed by atoms with E-state index >= 15 is 0 Å². The Morgan fingerprint density at radius 2 is 2.06 bits per heavy atom. The van der Waals surface area contributed by atoms with Crippen molar-refractivity contribution in [2.24, 2.45) is 0 Å². The number of hydrogen-bond donors (Lipinski definition) is 1. The van der Waals surface area contributed by atoms with E-state index in [-0.39, 0.29) is 12.1 Å². The molecule has 0 aliphatic carbocycles. The number of likely N-dealkylation sites (N-methyl/N-ethyl adjacent to an activating group) is 2. The predicted octanol–water partition coefficient (Wildman–Crippen LogP) is 1.01. The fourth-order valence-corrected chi connectivity index (χ4v) is 2.06. The number of rotatable bonds is 4. The number of urea groups is 1. The minimum absolute atomic E-state index is 0.0381. The van der Waals surface area contributed by atoms with Gasteiger partial charge in [0.1, 0.15) is 5.54 Å². The Balaban J connectivity index is 2.81. The van der Waals surface area contributed by atoms with Crippen LogP contribution in [0.2, 0.25) is 0 Å². The molecule has 1 N–H and O–H groups in total. The van der Waals surface area contributed by atoms with Crippen LogP contribution in [0.15, 0.2) is 0 Å². The fourth-order valence-electron chi connectivity index (χ4n) is 2.06. The number of aliphatic carboxylic acids is 1. The van der Waals surface area contributed by atoms with Crippen molar-refractivity contribution in [3.63, 3.8) is 0 Å². The van der Waals surface area contributed by atoms with Gasteiger partial charge in [0.25, 0.3) is 0 Å². The van der Waals surface area contributed by atoms with E-state index in [1.165, 1.54) is 18.7 Å². The van der Waals surface area contributed by atoms with Gasteiger partial charge in [0.15, 0.2) is 0 Å². The zero-order valence-electron chi connectivity index (χ0n) is 11.5. The zero-order valence-corrected chi connectivity index (χ0v) is 11.5. The van der Waals surface area contributed by atoms with Crippen LogP contribution in [0.25, 0.3) is 0 Å². The Labute approximate surface area is 107 Å². The highest BCUT2D eigenvalue weighted by molar-refractivity contribution is 5.85. The molecule has 104 valence electrons. The van der Waals surface area contributed by atoms with Crippen molar-refractivity contribution in [1.29, 1.82) is 0 Å². The molecule has 1 unspecified atom stereocenters. The summed E-state index contributed by atoms with van der Waals surface area (Å²) in [4.78, 5) is 26.5. The first-order valence-electron chi connectivity index (χ1n) is 6.18. The maximum atomic E-state index is 12.3. The summed E-state index contributed by atoms with van der Waals surface area (Å²) in [5.41, 5.74) is -1.21. The lowest BCUT2D eigenvalue weighted by Crippen LogP contribution is -2.57. The molecule has 0 bridgehead atoms. The van der Waals surface area contributed by atoms with Crippen LogP contribution in [0, 0.1) is 0 Å². The minimum Gasteiger partial charge on any atom is -0.480 e. The van der Waals surface area contributed by atoms with Crippen LogP contribution in [-0.4, -0.2) is 65.3 Å². The molecule has 2 amide bonds. The molecule has 0 aromatic heterocycles. The van der Waals surface area contributed by atoms with Crippen LogP contribution < -0.4 is 0 Å². The van der Waals surface area contributed by atoms with Gasteiger partial charge in [0.05, 0.1) is 12.6 Å². The van der Waals surface area contributed by atoms with Gasteiger partial charge in [0, 0.05) is 20.2 Å². The average molecular weight is 258 g/mol. The number of amides is 2. The maximum absolute atomic E-state index is 12.3. The third kappa shape index (κ3) is 2.75. The molecule has 1 aliphatic heterocycles. The van der Waals surface area contributed by atoms with Crippen molar-refractivity contribution in [1.82, 2.24) is 9.80 Å². The van der Waals surface area contributed by atoms with E-state index in [1.54, 1.807) is 18.9 Å². The van der Waals surface area contributed by atoms with Gasteiger partial charge in [-0.15, -0.1) is 0 Å². The van der Waals surface area contributed by atoms with E-state index in [1.807, 2.05) is 0 Å². The second-order valence-electron chi connectivity index (χ2n) is 5.02. The van der Waals surface area contributed by atoms with Gasteiger partial charge in [-0.25, -0.2) is 9.59 Å². The van der Waals surface area contributed by atoms with Crippen LogP contribution in [0.1, 0.15) is 27.2 Å². The molecule has 0 radical (unpaired) electrons. The highest BCUT2D eigenvalue weighted by atomic mass is 16.5.